The summed E-state index contributed by atoms with van der Waals surface area (Å²) in [4.78, 5) is 4.08. The molecule has 3 N–H and O–H groups in total. The van der Waals surface area contributed by atoms with Crippen LogP contribution in [0.4, 0.5) is 5.69 Å². The summed E-state index contributed by atoms with van der Waals surface area (Å²) in [7, 11) is 0. The summed E-state index contributed by atoms with van der Waals surface area (Å²) < 4.78 is 0.841. The van der Waals surface area contributed by atoms with E-state index in [1.54, 1.807) is 6.20 Å². The highest BCUT2D eigenvalue weighted by molar-refractivity contribution is 9.10. The van der Waals surface area contributed by atoms with E-state index in [1.165, 1.54) is 0 Å². The van der Waals surface area contributed by atoms with Crippen LogP contribution in [0, 0.1) is 0 Å². The molecule has 12 heavy (non-hydrogen) atoms. The van der Waals surface area contributed by atoms with E-state index in [2.05, 4.69) is 26.2 Å². The Morgan fingerprint density at radius 2 is 2.42 bits per heavy atom. The van der Waals surface area contributed by atoms with Gasteiger partial charge < -0.3 is 11.1 Å². The molecule has 1 atom stereocenters. The highest BCUT2D eigenvalue weighted by Crippen LogP contribution is 2.10. The van der Waals surface area contributed by atoms with E-state index in [0.717, 1.165) is 10.3 Å². The minimum atomic E-state index is 0.285. The van der Waals surface area contributed by atoms with Gasteiger partial charge in [-0.15, -0.1) is 0 Å². The third-order valence-corrected chi connectivity index (χ3v) is 1.96. The highest BCUT2D eigenvalue weighted by Gasteiger charge is 1.98. The lowest BCUT2D eigenvalue weighted by Crippen LogP contribution is -2.25. The van der Waals surface area contributed by atoms with Gasteiger partial charge >= 0.3 is 0 Å². The number of aromatic nitrogens is 1. The van der Waals surface area contributed by atoms with Crippen molar-refractivity contribution in [2.45, 2.75) is 13.0 Å². The fourth-order valence-electron chi connectivity index (χ4n) is 0.805. The molecule has 1 aromatic rings. The maximum absolute atomic E-state index is 5.46. The van der Waals surface area contributed by atoms with E-state index in [4.69, 9.17) is 5.73 Å². The first-order chi connectivity index (χ1) is 5.72. The van der Waals surface area contributed by atoms with E-state index in [0.29, 0.717) is 6.54 Å². The Kier molecular flexibility index (Phi) is 3.49. The van der Waals surface area contributed by atoms with Crippen molar-refractivity contribution in [1.82, 2.24) is 4.98 Å². The third-order valence-electron chi connectivity index (χ3n) is 1.49. The molecule has 0 bridgehead atoms. The van der Waals surface area contributed by atoms with Crippen molar-refractivity contribution in [2.75, 3.05) is 11.9 Å². The topological polar surface area (TPSA) is 50.9 Å². The Labute approximate surface area is 80.5 Å². The van der Waals surface area contributed by atoms with Gasteiger partial charge in [0.25, 0.3) is 0 Å². The second-order valence-corrected chi connectivity index (χ2v) is 3.46. The smallest absolute Gasteiger partial charge is 0.106 e. The molecular formula is C8H12BrN3. The summed E-state index contributed by atoms with van der Waals surface area (Å²) in [6.45, 7) is 2.65. The summed E-state index contributed by atoms with van der Waals surface area (Å²) >= 11 is 3.27. The number of pyridine rings is 1. The largest absolute Gasteiger partial charge is 0.380 e. The average Bonchev–Trinajstić information content (AvgIpc) is 2.09. The molecule has 1 heterocycles. The van der Waals surface area contributed by atoms with Gasteiger partial charge in [0.1, 0.15) is 4.60 Å². The van der Waals surface area contributed by atoms with E-state index in [1.807, 2.05) is 19.1 Å². The summed E-state index contributed by atoms with van der Waals surface area (Å²) in [5.41, 5.74) is 6.45. The molecule has 3 nitrogen and oxygen atoms in total. The lowest BCUT2D eigenvalue weighted by atomic mass is 10.3. The van der Waals surface area contributed by atoms with Crippen LogP contribution in [0.15, 0.2) is 22.9 Å². The molecule has 1 unspecified atom stereocenters. The van der Waals surface area contributed by atoms with Crippen LogP contribution in [-0.4, -0.2) is 17.6 Å². The minimum Gasteiger partial charge on any atom is -0.380 e. The van der Waals surface area contributed by atoms with Crippen LogP contribution in [0.1, 0.15) is 6.92 Å². The number of hydrogen-bond donors (Lipinski definition) is 2. The van der Waals surface area contributed by atoms with Crippen molar-refractivity contribution in [2.24, 2.45) is 5.73 Å². The third kappa shape index (κ3) is 2.79. The van der Waals surface area contributed by atoms with Gasteiger partial charge in [-0.05, 0) is 35.0 Å². The molecule has 0 spiro atoms. The summed E-state index contributed by atoms with van der Waals surface area (Å²) in [5.74, 6) is 0. The van der Waals surface area contributed by atoms with Crippen molar-refractivity contribution < 1.29 is 0 Å². The molecular weight excluding hydrogens is 218 g/mol. The fourth-order valence-corrected chi connectivity index (χ4v) is 1.04. The van der Waals surface area contributed by atoms with Crippen LogP contribution in [-0.2, 0) is 0 Å². The van der Waals surface area contributed by atoms with Gasteiger partial charge in [0.15, 0.2) is 0 Å². The monoisotopic (exact) mass is 229 g/mol. The van der Waals surface area contributed by atoms with Crippen LogP contribution >= 0.6 is 15.9 Å². The zero-order valence-electron chi connectivity index (χ0n) is 6.92. The number of nitrogens with one attached hydrogen (secondary N) is 1. The molecule has 1 aromatic heterocycles. The van der Waals surface area contributed by atoms with Gasteiger partial charge in [-0.3, -0.25) is 0 Å². The van der Waals surface area contributed by atoms with Crippen molar-refractivity contribution in [3.8, 4) is 0 Å². The molecule has 0 aromatic carbocycles. The first kappa shape index (κ1) is 9.48. The van der Waals surface area contributed by atoms with Crippen molar-refractivity contribution in [3.05, 3.63) is 22.9 Å². The predicted octanol–water partition coefficient (Wildman–Crippen LogP) is 1.60. The molecule has 0 saturated carbocycles. The second-order valence-electron chi connectivity index (χ2n) is 2.65. The summed E-state index contributed by atoms with van der Waals surface area (Å²) in [5, 5.41) is 3.21. The molecule has 0 fully saturated rings. The first-order valence-electron chi connectivity index (χ1n) is 3.80. The molecule has 1 rings (SSSR count). The Hall–Kier alpha value is -0.610. The number of nitrogens with zero attached hydrogens (tertiary/aromatic N) is 1. The maximum atomic E-state index is 5.46. The Balaban J connectivity index is 2.58. The van der Waals surface area contributed by atoms with Gasteiger partial charge in [-0.25, -0.2) is 4.98 Å². The number of halogens is 1. The highest BCUT2D eigenvalue weighted by atomic mass is 79.9. The van der Waals surface area contributed by atoms with Crippen molar-refractivity contribution in [1.29, 1.82) is 0 Å². The molecule has 4 heteroatoms. The number of rotatable bonds is 3. The first-order valence-corrected chi connectivity index (χ1v) is 4.60. The molecule has 0 aliphatic heterocycles. The maximum Gasteiger partial charge on any atom is 0.106 e. The molecule has 0 aliphatic rings. The van der Waals surface area contributed by atoms with E-state index in [-0.39, 0.29) is 6.04 Å². The predicted molar refractivity (Wildman–Crippen MR) is 54.1 cm³/mol. The lowest BCUT2D eigenvalue weighted by molar-refractivity contribution is 0.803. The van der Waals surface area contributed by atoms with Crippen LogP contribution in [0.5, 0.6) is 0 Å². The summed E-state index contributed by atoms with van der Waals surface area (Å²) in [6.07, 6.45) is 1.77. The van der Waals surface area contributed by atoms with E-state index in [9.17, 15) is 0 Å². The normalized spacial score (nSPS) is 12.6. The number of nitrogens with two attached hydrogens (primary N) is 1. The van der Waals surface area contributed by atoms with E-state index >= 15 is 0 Å². The fraction of sp³-hybridized carbons (Fsp3) is 0.375. The Morgan fingerprint density at radius 1 is 1.67 bits per heavy atom. The minimum absolute atomic E-state index is 0.285. The van der Waals surface area contributed by atoms with Crippen LogP contribution < -0.4 is 11.1 Å². The lowest BCUT2D eigenvalue weighted by Gasteiger charge is -2.11. The number of anilines is 1. The van der Waals surface area contributed by atoms with E-state index < -0.39 is 0 Å². The molecule has 0 aliphatic carbocycles. The molecule has 0 amide bonds. The SMILES string of the molecule is CC(CN)Nc1ccc(Br)nc1. The molecule has 0 radical (unpaired) electrons. The van der Waals surface area contributed by atoms with Crippen LogP contribution in [0.25, 0.3) is 0 Å². The number of hydrogen-bond acceptors (Lipinski definition) is 3. The Bertz CT molecular complexity index is 235. The van der Waals surface area contributed by atoms with Crippen LogP contribution in [0.3, 0.4) is 0 Å². The second kappa shape index (κ2) is 4.42. The zero-order valence-corrected chi connectivity index (χ0v) is 8.51. The van der Waals surface area contributed by atoms with Crippen molar-refractivity contribution in [3.63, 3.8) is 0 Å². The molecule has 66 valence electrons. The van der Waals surface area contributed by atoms with Gasteiger partial charge in [0.05, 0.1) is 11.9 Å². The van der Waals surface area contributed by atoms with Crippen LogP contribution in [0.2, 0.25) is 0 Å². The van der Waals surface area contributed by atoms with Gasteiger partial charge in [0, 0.05) is 12.6 Å². The van der Waals surface area contributed by atoms with Crippen molar-refractivity contribution >= 4 is 21.6 Å². The van der Waals surface area contributed by atoms with Gasteiger partial charge in [-0.2, -0.15) is 0 Å². The standard InChI is InChI=1S/C8H12BrN3/c1-6(4-10)12-7-2-3-8(9)11-5-7/h2-3,5-6,12H,4,10H2,1H3. The summed E-state index contributed by atoms with van der Waals surface area (Å²) in [6, 6.07) is 4.14. The zero-order chi connectivity index (χ0) is 8.97. The van der Waals surface area contributed by atoms with Gasteiger partial charge in [0.2, 0.25) is 0 Å². The Morgan fingerprint density at radius 3 is 2.92 bits per heavy atom. The quantitative estimate of drug-likeness (QED) is 0.775. The molecule has 0 saturated heterocycles. The average molecular weight is 230 g/mol. The van der Waals surface area contributed by atoms with Gasteiger partial charge in [-0.1, -0.05) is 0 Å².